The van der Waals surface area contributed by atoms with Crippen LogP contribution in [-0.4, -0.2) is 157 Å². The third-order valence-corrected chi connectivity index (χ3v) is 10.5. The summed E-state index contributed by atoms with van der Waals surface area (Å²) in [7, 11) is 5.11. The number of amides is 4. The Kier molecular flexibility index (Phi) is 35.8. The molecule has 23 heteroatoms. The summed E-state index contributed by atoms with van der Waals surface area (Å²) >= 11 is 11.8. The molecule has 0 heterocycles. The highest BCUT2D eigenvalue weighted by atomic mass is 79.9. The Morgan fingerprint density at radius 2 is 0.814 bits per heavy atom. The van der Waals surface area contributed by atoms with E-state index < -0.39 is 71.4 Å². The molecule has 0 aromatic carbocycles. The minimum Gasteiger partial charge on any atom is -0.467 e. The van der Waals surface area contributed by atoms with E-state index in [1.54, 1.807) is 53.3 Å². The largest absolute Gasteiger partial charge is 0.467 e. The lowest BCUT2D eigenvalue weighted by Crippen LogP contribution is -2.45. The summed E-state index contributed by atoms with van der Waals surface area (Å²) < 4.78 is 28.7. The van der Waals surface area contributed by atoms with Crippen molar-refractivity contribution < 1.29 is 66.8 Å². The smallest absolute Gasteiger partial charge is 0.408 e. The van der Waals surface area contributed by atoms with E-state index in [9.17, 15) is 38.4 Å². The molecule has 0 unspecified atom stereocenters. The first kappa shape index (κ1) is 60.5. The van der Waals surface area contributed by atoms with E-state index in [0.29, 0.717) is 17.3 Å². The quantitative estimate of drug-likeness (QED) is 0.0341. The average Bonchev–Trinajstić information content (AvgIpc) is 3.14. The number of halogens is 1. The van der Waals surface area contributed by atoms with E-state index in [2.05, 4.69) is 64.0 Å². The van der Waals surface area contributed by atoms with Gasteiger partial charge in [0.25, 0.3) is 0 Å². The van der Waals surface area contributed by atoms with Crippen molar-refractivity contribution in [1.29, 1.82) is 0 Å². The Balaban J connectivity index is -0.000000891. The highest BCUT2D eigenvalue weighted by Crippen LogP contribution is 2.14. The molecule has 0 aliphatic carbocycles. The third kappa shape index (κ3) is 36.8. The van der Waals surface area contributed by atoms with Gasteiger partial charge in [0.1, 0.15) is 35.4 Å². The van der Waals surface area contributed by atoms with Crippen molar-refractivity contribution in [3.63, 3.8) is 0 Å². The SMILES string of the molecule is COC(=O)[C@H](CS)NC(C)=O.COC(=O)[C@H](CSCCCBr)NC(=O)OC(C)(C)C.COC(=O)[C@H](CSCCCSC[C@H](NC(=O)OC(C)(C)C)C(=O)OC)NC(C)=O. The molecule has 4 amide bonds. The molecule has 4 atom stereocenters. The molecule has 59 heavy (non-hydrogen) atoms. The van der Waals surface area contributed by atoms with Crippen LogP contribution in [0.5, 0.6) is 0 Å². The number of thiol groups is 1. The number of carbonyl (C=O) groups is 8. The maximum atomic E-state index is 11.9. The fourth-order valence-electron chi connectivity index (χ4n) is 3.67. The Bertz CT molecular complexity index is 1290. The van der Waals surface area contributed by atoms with Crippen LogP contribution in [0.4, 0.5) is 9.59 Å². The number of esters is 4. The van der Waals surface area contributed by atoms with Gasteiger partial charge in [0.15, 0.2) is 0 Å². The molecule has 0 aliphatic heterocycles. The number of hydrogen-bond donors (Lipinski definition) is 5. The molecule has 0 bridgehead atoms. The molecular formula is C36H65BrN4O14S4. The lowest BCUT2D eigenvalue weighted by molar-refractivity contribution is -0.144. The molecule has 18 nitrogen and oxygen atoms in total. The normalized spacial score (nSPS) is 12.7. The van der Waals surface area contributed by atoms with Crippen molar-refractivity contribution in [3.8, 4) is 0 Å². The minimum atomic E-state index is -0.795. The molecule has 0 radical (unpaired) electrons. The summed E-state index contributed by atoms with van der Waals surface area (Å²) in [5, 5.41) is 10.9. The molecule has 0 spiro atoms. The zero-order valence-corrected chi connectivity index (χ0v) is 41.1. The predicted octanol–water partition coefficient (Wildman–Crippen LogP) is 3.75. The highest BCUT2D eigenvalue weighted by molar-refractivity contribution is 9.09. The standard InChI is InChI=1S/C18H32N2O7S2.C12H22BrNO4S.C6H11NO3S/c1-12(21)19-13(15(22)25-5)10-28-8-7-9-29-11-14(16(23)26-6)20-17(24)27-18(2,3)4;1-12(2,3)18-11(16)14-9(10(15)17-4)8-19-7-5-6-13;1-4(8)7-5(3-11)6(9)10-2/h13-14H,7-11H2,1-6H3,(H,19,21)(H,20,24);9H,5-8H2,1-4H3,(H,14,16);5,11H,3H2,1-2H3,(H,7,8)/t13-,14-;9-;5-/m000/s1. The number of carbonyl (C=O) groups excluding carboxylic acids is 8. The van der Waals surface area contributed by atoms with Gasteiger partial charge in [-0.25, -0.2) is 28.8 Å². The van der Waals surface area contributed by atoms with Crippen molar-refractivity contribution in [2.45, 2.75) is 104 Å². The molecule has 4 N–H and O–H groups in total. The van der Waals surface area contributed by atoms with E-state index in [1.807, 2.05) is 0 Å². The van der Waals surface area contributed by atoms with Gasteiger partial charge in [-0.15, -0.1) is 0 Å². The molecular weight excluding hydrogens is 921 g/mol. The lowest BCUT2D eigenvalue weighted by atomic mass is 10.2. The van der Waals surface area contributed by atoms with Crippen molar-refractivity contribution >= 4 is 112 Å². The van der Waals surface area contributed by atoms with Crippen molar-refractivity contribution in [1.82, 2.24) is 21.3 Å². The van der Waals surface area contributed by atoms with Crippen LogP contribution in [0.15, 0.2) is 0 Å². The summed E-state index contributed by atoms with van der Waals surface area (Å²) in [6.45, 7) is 13.2. The topological polar surface area (TPSA) is 240 Å². The second-order valence-corrected chi connectivity index (χ2v) is 18.4. The summed E-state index contributed by atoms with van der Waals surface area (Å²) in [5.41, 5.74) is -1.25. The lowest BCUT2D eigenvalue weighted by Gasteiger charge is -2.22. The van der Waals surface area contributed by atoms with Gasteiger partial charge in [0.2, 0.25) is 11.8 Å². The number of alkyl halides is 1. The molecule has 0 aliphatic rings. The van der Waals surface area contributed by atoms with Crippen molar-refractivity contribution in [3.05, 3.63) is 0 Å². The second-order valence-electron chi connectivity index (χ2n) is 13.8. The van der Waals surface area contributed by atoms with Crippen LogP contribution in [0.1, 0.15) is 68.2 Å². The van der Waals surface area contributed by atoms with Gasteiger partial charge in [-0.05, 0) is 71.6 Å². The van der Waals surface area contributed by atoms with Crippen molar-refractivity contribution in [2.24, 2.45) is 0 Å². The number of rotatable bonds is 22. The van der Waals surface area contributed by atoms with Gasteiger partial charge < -0.3 is 49.7 Å². The Hall–Kier alpha value is -2.76. The monoisotopic (exact) mass is 984 g/mol. The third-order valence-electron chi connectivity index (χ3n) is 6.12. The number of thioether (sulfide) groups is 3. The van der Waals surface area contributed by atoms with Gasteiger partial charge in [-0.1, -0.05) is 15.9 Å². The highest BCUT2D eigenvalue weighted by Gasteiger charge is 2.26. The summed E-state index contributed by atoms with van der Waals surface area (Å²) in [4.78, 5) is 90.9. The van der Waals surface area contributed by atoms with Crippen LogP contribution in [0.25, 0.3) is 0 Å². The fraction of sp³-hybridized carbons (Fsp3) is 0.778. The summed E-state index contributed by atoms with van der Waals surface area (Å²) in [6, 6.07) is -2.78. The maximum absolute atomic E-state index is 11.9. The van der Waals surface area contributed by atoms with E-state index in [0.717, 1.165) is 35.4 Å². The first-order valence-electron chi connectivity index (χ1n) is 18.2. The molecule has 0 saturated carbocycles. The average molecular weight is 986 g/mol. The second kappa shape index (κ2) is 34.9. The fourth-order valence-corrected chi connectivity index (χ4v) is 7.65. The Morgan fingerprint density at radius 1 is 0.525 bits per heavy atom. The Labute approximate surface area is 375 Å². The van der Waals surface area contributed by atoms with Crippen LogP contribution in [0.2, 0.25) is 0 Å². The van der Waals surface area contributed by atoms with E-state index in [4.69, 9.17) is 14.2 Å². The van der Waals surface area contributed by atoms with Gasteiger partial charge in [0.05, 0.1) is 28.4 Å². The van der Waals surface area contributed by atoms with Gasteiger partial charge >= 0.3 is 36.1 Å². The Morgan fingerprint density at radius 3 is 1.08 bits per heavy atom. The number of methoxy groups -OCH3 is 4. The van der Waals surface area contributed by atoms with E-state index >= 15 is 0 Å². The predicted molar refractivity (Wildman–Crippen MR) is 238 cm³/mol. The summed E-state index contributed by atoms with van der Waals surface area (Å²) in [6.07, 6.45) is 0.550. The number of nitrogens with one attached hydrogen (secondary N) is 4. The van der Waals surface area contributed by atoms with Gasteiger partial charge in [0, 0.05) is 42.2 Å². The molecule has 344 valence electrons. The zero-order valence-electron chi connectivity index (χ0n) is 36.1. The first-order chi connectivity index (χ1) is 27.4. The number of hydrogen-bond acceptors (Lipinski definition) is 18. The molecule has 0 rings (SSSR count). The maximum Gasteiger partial charge on any atom is 0.408 e. The van der Waals surface area contributed by atoms with Crippen LogP contribution in [-0.2, 0) is 57.2 Å². The minimum absolute atomic E-state index is 0.242. The van der Waals surface area contributed by atoms with Crippen LogP contribution < -0.4 is 21.3 Å². The van der Waals surface area contributed by atoms with E-state index in [1.165, 1.54) is 65.8 Å². The number of alkyl carbamates (subject to hydrolysis) is 2. The first-order valence-corrected chi connectivity index (χ1v) is 23.4. The van der Waals surface area contributed by atoms with Crippen LogP contribution in [0, 0.1) is 0 Å². The molecule has 0 saturated heterocycles. The summed E-state index contributed by atoms with van der Waals surface area (Å²) in [5.74, 6) is 1.41. The van der Waals surface area contributed by atoms with Gasteiger partial charge in [-0.3, -0.25) is 9.59 Å². The van der Waals surface area contributed by atoms with Crippen LogP contribution >= 0.6 is 63.8 Å². The number of ether oxygens (including phenoxy) is 6. The zero-order chi connectivity index (χ0) is 46.2. The van der Waals surface area contributed by atoms with Crippen LogP contribution in [0.3, 0.4) is 0 Å². The molecule has 0 fully saturated rings. The molecule has 0 aromatic heterocycles. The van der Waals surface area contributed by atoms with Gasteiger partial charge in [-0.2, -0.15) is 47.9 Å². The molecule has 0 aromatic rings. The van der Waals surface area contributed by atoms with E-state index in [-0.39, 0.29) is 17.6 Å². The van der Waals surface area contributed by atoms with Crippen molar-refractivity contribution in [2.75, 3.05) is 74.0 Å².